The predicted molar refractivity (Wildman–Crippen MR) is 82.7 cm³/mol. The van der Waals surface area contributed by atoms with Gasteiger partial charge in [-0.25, -0.2) is 0 Å². The van der Waals surface area contributed by atoms with Gasteiger partial charge in [0.1, 0.15) is 5.76 Å². The third kappa shape index (κ3) is 3.43. The Morgan fingerprint density at radius 3 is 2.20 bits per heavy atom. The zero-order valence-corrected chi connectivity index (χ0v) is 13.9. The lowest BCUT2D eigenvalue weighted by molar-refractivity contribution is 0.157. The van der Waals surface area contributed by atoms with Crippen LogP contribution in [0.1, 0.15) is 76.4 Å². The van der Waals surface area contributed by atoms with Gasteiger partial charge in [-0.05, 0) is 57.8 Å². The number of hydrogen-bond acceptors (Lipinski definition) is 3. The lowest BCUT2D eigenvalue weighted by Gasteiger charge is -2.38. The predicted octanol–water partition coefficient (Wildman–Crippen LogP) is 4.55. The lowest BCUT2D eigenvalue weighted by atomic mass is 9.71. The molecule has 3 heteroatoms. The van der Waals surface area contributed by atoms with Gasteiger partial charge in [-0.2, -0.15) is 0 Å². The molecule has 1 unspecified atom stereocenters. The molecule has 114 valence electrons. The summed E-state index contributed by atoms with van der Waals surface area (Å²) in [6, 6.07) is 0.967. The fourth-order valence-corrected chi connectivity index (χ4v) is 3.67. The van der Waals surface area contributed by atoms with Crippen LogP contribution in [0, 0.1) is 25.2 Å². The maximum Gasteiger partial charge on any atom is 0.138 e. The molecule has 1 heterocycles. The lowest BCUT2D eigenvalue weighted by Crippen LogP contribution is -2.37. The average molecular weight is 278 g/mol. The number of nitrogens with zero attached hydrogens (tertiary/aromatic N) is 1. The summed E-state index contributed by atoms with van der Waals surface area (Å²) in [5, 5.41) is 7.83. The first-order valence-electron chi connectivity index (χ1n) is 7.98. The molecule has 0 aromatic carbocycles. The zero-order chi connectivity index (χ0) is 14.9. The van der Waals surface area contributed by atoms with Crippen LogP contribution in [-0.2, 0) is 0 Å². The van der Waals surface area contributed by atoms with E-state index in [0.29, 0.717) is 17.5 Å². The summed E-state index contributed by atoms with van der Waals surface area (Å²) in [5.41, 5.74) is 2.71. The molecule has 1 fully saturated rings. The molecule has 1 saturated carbocycles. The van der Waals surface area contributed by atoms with Crippen LogP contribution in [0.15, 0.2) is 4.52 Å². The maximum absolute atomic E-state index is 5.28. The van der Waals surface area contributed by atoms with E-state index >= 15 is 0 Å². The minimum atomic E-state index is 0.331. The first-order chi connectivity index (χ1) is 9.29. The highest BCUT2D eigenvalue weighted by Gasteiger charge is 2.30. The van der Waals surface area contributed by atoms with Gasteiger partial charge in [-0.15, -0.1) is 0 Å². The molecule has 0 saturated heterocycles. The van der Waals surface area contributed by atoms with Crippen molar-refractivity contribution in [3.05, 3.63) is 17.0 Å². The van der Waals surface area contributed by atoms with Gasteiger partial charge in [0.15, 0.2) is 0 Å². The molecule has 0 spiro atoms. The summed E-state index contributed by atoms with van der Waals surface area (Å²) in [7, 11) is 0. The van der Waals surface area contributed by atoms with Crippen molar-refractivity contribution in [1.29, 1.82) is 0 Å². The first kappa shape index (κ1) is 15.6. The van der Waals surface area contributed by atoms with E-state index in [1.54, 1.807) is 0 Å². The first-order valence-corrected chi connectivity index (χ1v) is 7.98. The molecular weight excluding hydrogens is 248 g/mol. The highest BCUT2D eigenvalue weighted by atomic mass is 16.5. The van der Waals surface area contributed by atoms with E-state index in [0.717, 1.165) is 17.4 Å². The summed E-state index contributed by atoms with van der Waals surface area (Å²) in [4.78, 5) is 0. The van der Waals surface area contributed by atoms with Crippen LogP contribution < -0.4 is 5.32 Å². The smallest absolute Gasteiger partial charge is 0.138 e. The SMILES string of the molecule is Cc1noc(C)c1C(C)NC1CCC(C(C)(C)C)CC1. The number of hydrogen-bond donors (Lipinski definition) is 1. The summed E-state index contributed by atoms with van der Waals surface area (Å²) >= 11 is 0. The van der Waals surface area contributed by atoms with Gasteiger partial charge >= 0.3 is 0 Å². The third-order valence-electron chi connectivity index (χ3n) is 4.96. The summed E-state index contributed by atoms with van der Waals surface area (Å²) < 4.78 is 5.28. The number of aryl methyl sites for hydroxylation is 2. The van der Waals surface area contributed by atoms with Crippen LogP contribution in [0.4, 0.5) is 0 Å². The fourth-order valence-electron chi connectivity index (χ4n) is 3.67. The standard InChI is InChI=1S/C17H30N2O/c1-11(16-12(2)19-20-13(16)3)18-15-9-7-14(8-10-15)17(4,5)6/h11,14-15,18H,7-10H2,1-6H3. The van der Waals surface area contributed by atoms with Crippen LogP contribution >= 0.6 is 0 Å². The summed E-state index contributed by atoms with van der Waals surface area (Å²) in [6.07, 6.45) is 5.26. The van der Waals surface area contributed by atoms with E-state index < -0.39 is 0 Å². The molecule has 1 aliphatic rings. The molecule has 1 atom stereocenters. The summed E-state index contributed by atoms with van der Waals surface area (Å²) in [5.74, 6) is 1.82. The van der Waals surface area contributed by atoms with E-state index in [1.807, 2.05) is 13.8 Å². The Morgan fingerprint density at radius 2 is 1.75 bits per heavy atom. The van der Waals surface area contributed by atoms with Gasteiger partial charge in [-0.1, -0.05) is 25.9 Å². The van der Waals surface area contributed by atoms with Gasteiger partial charge in [0.05, 0.1) is 5.69 Å². The van der Waals surface area contributed by atoms with Gasteiger partial charge in [0, 0.05) is 17.6 Å². The van der Waals surface area contributed by atoms with Crippen LogP contribution in [0.2, 0.25) is 0 Å². The Balaban J connectivity index is 1.90. The molecular formula is C17H30N2O. The molecule has 20 heavy (non-hydrogen) atoms. The highest BCUT2D eigenvalue weighted by molar-refractivity contribution is 5.24. The van der Waals surface area contributed by atoms with Crippen molar-refractivity contribution >= 4 is 0 Å². The largest absolute Gasteiger partial charge is 0.361 e. The second-order valence-corrected chi connectivity index (χ2v) is 7.54. The topological polar surface area (TPSA) is 38.1 Å². The van der Waals surface area contributed by atoms with Crippen molar-refractivity contribution in [2.24, 2.45) is 11.3 Å². The Bertz CT molecular complexity index is 417. The second-order valence-electron chi connectivity index (χ2n) is 7.54. The molecule has 3 nitrogen and oxygen atoms in total. The Hall–Kier alpha value is -0.830. The molecule has 1 N–H and O–H groups in total. The van der Waals surface area contributed by atoms with Gasteiger partial charge in [0.25, 0.3) is 0 Å². The van der Waals surface area contributed by atoms with Crippen LogP contribution in [-0.4, -0.2) is 11.2 Å². The minimum Gasteiger partial charge on any atom is -0.361 e. The maximum atomic E-state index is 5.28. The molecule has 0 bridgehead atoms. The van der Waals surface area contributed by atoms with Crippen LogP contribution in [0.5, 0.6) is 0 Å². The number of rotatable bonds is 3. The Labute approximate surface area is 123 Å². The van der Waals surface area contributed by atoms with E-state index in [9.17, 15) is 0 Å². The van der Waals surface area contributed by atoms with Crippen molar-refractivity contribution < 1.29 is 4.52 Å². The van der Waals surface area contributed by atoms with E-state index in [2.05, 4.69) is 38.2 Å². The molecule has 1 aliphatic carbocycles. The van der Waals surface area contributed by atoms with Crippen molar-refractivity contribution in [3.63, 3.8) is 0 Å². The summed E-state index contributed by atoms with van der Waals surface area (Å²) in [6.45, 7) is 13.4. The Morgan fingerprint density at radius 1 is 1.15 bits per heavy atom. The molecule has 0 amide bonds. The molecule has 1 aromatic heterocycles. The average Bonchev–Trinajstić information content (AvgIpc) is 2.68. The van der Waals surface area contributed by atoms with Crippen molar-refractivity contribution in [1.82, 2.24) is 10.5 Å². The van der Waals surface area contributed by atoms with Gasteiger partial charge in [0.2, 0.25) is 0 Å². The van der Waals surface area contributed by atoms with Crippen molar-refractivity contribution in [2.75, 3.05) is 0 Å². The third-order valence-corrected chi connectivity index (χ3v) is 4.96. The number of nitrogens with one attached hydrogen (secondary N) is 1. The second kappa shape index (κ2) is 5.88. The van der Waals surface area contributed by atoms with E-state index in [1.165, 1.54) is 31.2 Å². The van der Waals surface area contributed by atoms with E-state index in [4.69, 9.17) is 4.52 Å². The fraction of sp³-hybridized carbons (Fsp3) is 0.824. The van der Waals surface area contributed by atoms with Crippen molar-refractivity contribution in [2.45, 2.75) is 79.3 Å². The van der Waals surface area contributed by atoms with Crippen molar-refractivity contribution in [3.8, 4) is 0 Å². The molecule has 0 radical (unpaired) electrons. The van der Waals surface area contributed by atoms with Crippen LogP contribution in [0.3, 0.4) is 0 Å². The van der Waals surface area contributed by atoms with Gasteiger partial charge in [-0.3, -0.25) is 0 Å². The molecule has 1 aromatic rings. The van der Waals surface area contributed by atoms with E-state index in [-0.39, 0.29) is 0 Å². The monoisotopic (exact) mass is 278 g/mol. The highest BCUT2D eigenvalue weighted by Crippen LogP contribution is 2.38. The van der Waals surface area contributed by atoms with Crippen LogP contribution in [0.25, 0.3) is 0 Å². The molecule has 2 rings (SSSR count). The normalized spacial score (nSPS) is 25.7. The molecule has 0 aliphatic heterocycles. The van der Waals surface area contributed by atoms with Gasteiger partial charge < -0.3 is 9.84 Å². The minimum absolute atomic E-state index is 0.331. The number of aromatic nitrogens is 1. The quantitative estimate of drug-likeness (QED) is 0.881. The zero-order valence-electron chi connectivity index (χ0n) is 13.9. The Kier molecular flexibility index (Phi) is 4.58.